The Bertz CT molecular complexity index is 2210. The average Bonchev–Trinajstić information content (AvgIpc) is 3.42. The van der Waals surface area contributed by atoms with Gasteiger partial charge < -0.3 is 20.4 Å². The molecule has 306 valence electrons. The fourth-order valence-corrected chi connectivity index (χ4v) is 8.79. The van der Waals surface area contributed by atoms with E-state index in [1.54, 1.807) is 21.9 Å². The summed E-state index contributed by atoms with van der Waals surface area (Å²) >= 11 is 0. The minimum absolute atomic E-state index is 0.0214. The number of hydrogen-bond acceptors (Lipinski definition) is 6. The molecule has 0 radical (unpaired) electrons. The normalized spacial score (nSPS) is 18.4. The molecule has 59 heavy (non-hydrogen) atoms. The van der Waals surface area contributed by atoms with Crippen LogP contribution in [0.4, 0.5) is 15.8 Å². The van der Waals surface area contributed by atoms with Crippen molar-refractivity contribution in [2.45, 2.75) is 102 Å². The van der Waals surface area contributed by atoms with E-state index in [-0.39, 0.29) is 42.5 Å². The van der Waals surface area contributed by atoms with Crippen LogP contribution in [0.15, 0.2) is 113 Å². The third-order valence-corrected chi connectivity index (χ3v) is 11.8. The van der Waals surface area contributed by atoms with Gasteiger partial charge in [-0.1, -0.05) is 91.9 Å². The van der Waals surface area contributed by atoms with Gasteiger partial charge >= 0.3 is 0 Å². The molecular formula is C48H53FN6O4. The smallest absolute Gasteiger partial charge is 0.275 e. The summed E-state index contributed by atoms with van der Waals surface area (Å²) in [5.41, 5.74) is 4.51. The zero-order valence-corrected chi connectivity index (χ0v) is 34.0. The largest absolute Gasteiger partial charge is 0.325 e. The summed E-state index contributed by atoms with van der Waals surface area (Å²) in [7, 11) is 0. The zero-order chi connectivity index (χ0) is 41.4. The van der Waals surface area contributed by atoms with Gasteiger partial charge in [-0.15, -0.1) is 0 Å². The number of nitrogens with zero attached hydrogens (tertiary/aromatic N) is 4. The first kappa shape index (κ1) is 41.2. The Balaban J connectivity index is 0.000000180. The van der Waals surface area contributed by atoms with E-state index in [2.05, 4.69) is 10.6 Å². The van der Waals surface area contributed by atoms with Crippen molar-refractivity contribution in [1.29, 1.82) is 0 Å². The van der Waals surface area contributed by atoms with Gasteiger partial charge in [-0.2, -0.15) is 0 Å². The Morgan fingerprint density at radius 2 is 1.05 bits per heavy atom. The topological polar surface area (TPSA) is 124 Å². The fourth-order valence-electron chi connectivity index (χ4n) is 8.79. The first-order chi connectivity index (χ1) is 28.6. The van der Waals surface area contributed by atoms with Gasteiger partial charge in [0.1, 0.15) is 41.7 Å². The molecule has 4 aliphatic rings. The number of hydrogen-bond donors (Lipinski definition) is 2. The van der Waals surface area contributed by atoms with Crippen LogP contribution in [-0.2, 0) is 19.2 Å². The second kappa shape index (κ2) is 18.3. The van der Waals surface area contributed by atoms with Crippen LogP contribution in [0.5, 0.6) is 0 Å². The van der Waals surface area contributed by atoms with Crippen LogP contribution in [0, 0.1) is 19.7 Å². The minimum atomic E-state index is -0.697. The summed E-state index contributed by atoms with van der Waals surface area (Å²) in [6.45, 7) is 3.92. The second-order valence-corrected chi connectivity index (χ2v) is 16.2. The number of halogens is 1. The molecule has 0 unspecified atom stereocenters. The van der Waals surface area contributed by atoms with E-state index >= 15 is 0 Å². The van der Waals surface area contributed by atoms with Crippen LogP contribution in [0.3, 0.4) is 0 Å². The Morgan fingerprint density at radius 3 is 1.54 bits per heavy atom. The van der Waals surface area contributed by atoms with Gasteiger partial charge in [0, 0.05) is 22.5 Å². The van der Waals surface area contributed by atoms with Crippen molar-refractivity contribution in [1.82, 2.24) is 9.80 Å². The number of amides is 4. The van der Waals surface area contributed by atoms with E-state index in [9.17, 15) is 23.6 Å². The second-order valence-electron chi connectivity index (χ2n) is 16.2. The van der Waals surface area contributed by atoms with Crippen molar-refractivity contribution in [2.24, 2.45) is 9.98 Å². The lowest BCUT2D eigenvalue weighted by Crippen LogP contribution is -2.50. The first-order valence-corrected chi connectivity index (χ1v) is 20.9. The number of anilines is 2. The Morgan fingerprint density at radius 1 is 0.593 bits per heavy atom. The van der Waals surface area contributed by atoms with Gasteiger partial charge in [-0.05, 0) is 113 Å². The van der Waals surface area contributed by atoms with E-state index in [4.69, 9.17) is 9.98 Å². The first-order valence-electron chi connectivity index (χ1n) is 20.9. The summed E-state index contributed by atoms with van der Waals surface area (Å²) < 4.78 is 13.4. The summed E-state index contributed by atoms with van der Waals surface area (Å²) in [6, 6.07) is 30.6. The standard InChI is InChI=1S/C25H28FN3O2.C23H25N3O2/c1-17-7-12-21(18(2)15-17)27-22(30)16-29-24(31)23(19-8-10-20(26)11-9-19)28-25(29)13-5-3-4-6-14-25;27-20(24-19-13-7-4-8-14-19)17-26-22(28)21(18-11-5-3-6-12-18)25-23(26)15-9-1-2-10-16-23/h7-12,15H,3-6,13-14,16H2,1-2H3,(H,27,30);3-8,11-14H,1-2,9-10,15-17H2,(H,24,27). The number of aliphatic imine (C=N–C) groups is 2. The van der Waals surface area contributed by atoms with Crippen LogP contribution >= 0.6 is 0 Å². The van der Waals surface area contributed by atoms with Crippen LogP contribution in [0.25, 0.3) is 0 Å². The maximum absolute atomic E-state index is 13.4. The van der Waals surface area contributed by atoms with Gasteiger partial charge in [-0.3, -0.25) is 29.2 Å². The molecular weight excluding hydrogens is 744 g/mol. The molecule has 0 aromatic heterocycles. The molecule has 0 bridgehead atoms. The highest BCUT2D eigenvalue weighted by Gasteiger charge is 2.49. The van der Waals surface area contributed by atoms with Gasteiger partial charge in [0.2, 0.25) is 11.8 Å². The van der Waals surface area contributed by atoms with Gasteiger partial charge in [0.25, 0.3) is 11.8 Å². The molecule has 2 saturated carbocycles. The van der Waals surface area contributed by atoms with Crippen LogP contribution < -0.4 is 10.6 Å². The summed E-state index contributed by atoms with van der Waals surface area (Å²) in [6.07, 6.45) is 11.6. The van der Waals surface area contributed by atoms with Crippen molar-refractivity contribution in [3.63, 3.8) is 0 Å². The molecule has 2 fully saturated rings. The average molecular weight is 797 g/mol. The van der Waals surface area contributed by atoms with E-state index in [1.165, 1.54) is 12.1 Å². The van der Waals surface area contributed by atoms with Crippen molar-refractivity contribution in [2.75, 3.05) is 23.7 Å². The van der Waals surface area contributed by atoms with Crippen LogP contribution in [0.2, 0.25) is 0 Å². The zero-order valence-electron chi connectivity index (χ0n) is 34.0. The molecule has 2 spiro atoms. The van der Waals surface area contributed by atoms with E-state index in [0.29, 0.717) is 17.0 Å². The molecule has 4 aromatic carbocycles. The third kappa shape index (κ3) is 9.51. The number of rotatable bonds is 8. The maximum Gasteiger partial charge on any atom is 0.275 e. The van der Waals surface area contributed by atoms with Crippen LogP contribution in [0.1, 0.15) is 99.3 Å². The third-order valence-electron chi connectivity index (χ3n) is 11.8. The van der Waals surface area contributed by atoms with Crippen LogP contribution in [-0.4, -0.2) is 69.3 Å². The number of para-hydroxylation sites is 1. The Kier molecular flexibility index (Phi) is 12.8. The number of nitrogens with one attached hydrogen (secondary N) is 2. The molecule has 11 heteroatoms. The molecule has 2 N–H and O–H groups in total. The molecule has 2 heterocycles. The van der Waals surface area contributed by atoms with Crippen molar-refractivity contribution in [3.8, 4) is 0 Å². The summed E-state index contributed by atoms with van der Waals surface area (Å²) in [5, 5.41) is 5.85. The predicted octanol–water partition coefficient (Wildman–Crippen LogP) is 8.77. The molecule has 4 amide bonds. The molecule has 10 nitrogen and oxygen atoms in total. The fraction of sp³-hybridized carbons (Fsp3) is 0.375. The predicted molar refractivity (Wildman–Crippen MR) is 230 cm³/mol. The maximum atomic E-state index is 13.4. The van der Waals surface area contributed by atoms with Crippen molar-refractivity contribution >= 4 is 46.4 Å². The van der Waals surface area contributed by atoms with E-state index in [0.717, 1.165) is 105 Å². The highest BCUT2D eigenvalue weighted by atomic mass is 19.1. The van der Waals surface area contributed by atoms with Gasteiger partial charge in [0.15, 0.2) is 0 Å². The number of carbonyl (C=O) groups is 4. The van der Waals surface area contributed by atoms with Gasteiger partial charge in [-0.25, -0.2) is 4.39 Å². The monoisotopic (exact) mass is 796 g/mol. The quantitative estimate of drug-likeness (QED) is 0.185. The number of benzene rings is 4. The lowest BCUT2D eigenvalue weighted by molar-refractivity contribution is -0.133. The van der Waals surface area contributed by atoms with Gasteiger partial charge in [0.05, 0.1) is 0 Å². The lowest BCUT2D eigenvalue weighted by atomic mass is 10.00. The summed E-state index contributed by atoms with van der Waals surface area (Å²) in [5.74, 6) is -1.18. The minimum Gasteiger partial charge on any atom is -0.325 e. The Hall–Kier alpha value is -5.97. The van der Waals surface area contributed by atoms with Crippen molar-refractivity contribution in [3.05, 3.63) is 131 Å². The lowest BCUT2D eigenvalue weighted by Gasteiger charge is -2.35. The molecule has 0 saturated heterocycles. The van der Waals surface area contributed by atoms with E-state index < -0.39 is 11.3 Å². The Labute approximate surface area is 346 Å². The summed E-state index contributed by atoms with van der Waals surface area (Å²) in [4.78, 5) is 65.5. The van der Waals surface area contributed by atoms with Crippen molar-refractivity contribution < 1.29 is 23.6 Å². The molecule has 2 aliphatic heterocycles. The SMILES string of the molecule is Cc1ccc(NC(=O)CN2C(=O)C(c3ccc(F)cc3)=NC23CCCCCC3)c(C)c1.O=C(CN1C(=O)C(c2ccccc2)=NC12CCCCCC2)Nc1ccccc1. The number of aryl methyl sites for hydroxylation is 2. The molecule has 2 aliphatic carbocycles. The molecule has 0 atom stereocenters. The number of carbonyl (C=O) groups excluding carboxylic acids is 4. The molecule has 8 rings (SSSR count). The highest BCUT2D eigenvalue weighted by molar-refractivity contribution is 6.47. The van der Waals surface area contributed by atoms with E-state index in [1.807, 2.05) is 92.7 Å². The highest BCUT2D eigenvalue weighted by Crippen LogP contribution is 2.40. The molecule has 4 aromatic rings.